The first kappa shape index (κ1) is 13.4. The van der Waals surface area contributed by atoms with E-state index in [4.69, 9.17) is 0 Å². The molecule has 5 nitrogen and oxygen atoms in total. The number of methoxy groups -OCH3 is 1. The van der Waals surface area contributed by atoms with Gasteiger partial charge in [-0.15, -0.1) is 0 Å². The fourth-order valence-electron chi connectivity index (χ4n) is 2.17. The van der Waals surface area contributed by atoms with E-state index in [-0.39, 0.29) is 6.04 Å². The second-order valence-electron chi connectivity index (χ2n) is 4.51. The molecule has 0 bridgehead atoms. The minimum atomic E-state index is -0.492. The molecule has 0 spiro atoms. The van der Waals surface area contributed by atoms with Gasteiger partial charge in [-0.2, -0.15) is 0 Å². The van der Waals surface area contributed by atoms with Crippen LogP contribution in [0, 0.1) is 0 Å². The third-order valence-electron chi connectivity index (χ3n) is 3.36. The van der Waals surface area contributed by atoms with Crippen LogP contribution in [0.15, 0.2) is 29.3 Å². The lowest BCUT2D eigenvalue weighted by molar-refractivity contribution is 0.175. The second-order valence-corrected chi connectivity index (χ2v) is 4.51. The molecule has 0 fully saturated rings. The third-order valence-corrected chi connectivity index (χ3v) is 3.36. The number of aryl methyl sites for hydroxylation is 1. The molecule has 19 heavy (non-hydrogen) atoms. The number of nitrogens with one attached hydrogen (secondary N) is 1. The smallest absolute Gasteiger partial charge is 0.413 e. The lowest BCUT2D eigenvalue weighted by Gasteiger charge is -2.23. The number of hydrogen-bond acceptors (Lipinski definition) is 4. The van der Waals surface area contributed by atoms with Gasteiger partial charge in [-0.1, -0.05) is 31.2 Å². The third kappa shape index (κ3) is 2.86. The number of ether oxygens (including phenoxy) is 1. The van der Waals surface area contributed by atoms with Gasteiger partial charge < -0.3 is 9.64 Å². The molecule has 5 heteroatoms. The van der Waals surface area contributed by atoms with Gasteiger partial charge in [-0.05, 0) is 17.5 Å². The Morgan fingerprint density at radius 1 is 1.58 bits per heavy atom. The van der Waals surface area contributed by atoms with Crippen molar-refractivity contribution in [1.29, 1.82) is 0 Å². The highest BCUT2D eigenvalue weighted by Gasteiger charge is 2.27. The second kappa shape index (κ2) is 5.73. The molecular weight excluding hydrogens is 242 g/mol. The molecule has 102 valence electrons. The summed E-state index contributed by atoms with van der Waals surface area (Å²) in [7, 11) is 3.26. The van der Waals surface area contributed by atoms with Crippen LogP contribution in [0.5, 0.6) is 0 Å². The zero-order chi connectivity index (χ0) is 13.8. The van der Waals surface area contributed by atoms with Gasteiger partial charge in [-0.25, -0.2) is 4.79 Å². The van der Waals surface area contributed by atoms with Crippen LogP contribution in [0.1, 0.15) is 24.1 Å². The van der Waals surface area contributed by atoms with Crippen LogP contribution in [0.4, 0.5) is 4.79 Å². The first-order valence-electron chi connectivity index (χ1n) is 6.36. The summed E-state index contributed by atoms with van der Waals surface area (Å²) < 4.78 is 4.58. The molecule has 2 rings (SSSR count). The minimum absolute atomic E-state index is 0.165. The Morgan fingerprint density at radius 2 is 2.37 bits per heavy atom. The molecule has 1 aliphatic rings. The van der Waals surface area contributed by atoms with Gasteiger partial charge >= 0.3 is 6.09 Å². The van der Waals surface area contributed by atoms with E-state index in [1.54, 1.807) is 0 Å². The molecule has 1 atom stereocenters. The maximum absolute atomic E-state index is 11.2. The highest BCUT2D eigenvalue weighted by atomic mass is 16.5. The number of hydrogen-bond donors (Lipinski definition) is 1. The Labute approximate surface area is 113 Å². The average molecular weight is 261 g/mol. The van der Waals surface area contributed by atoms with Crippen LogP contribution in [0.25, 0.3) is 0 Å². The minimum Gasteiger partial charge on any atom is -0.453 e. The maximum Gasteiger partial charge on any atom is 0.413 e. The topological polar surface area (TPSA) is 53.9 Å². The van der Waals surface area contributed by atoms with Gasteiger partial charge in [0, 0.05) is 7.05 Å². The number of alkyl carbamates (subject to hydrolysis) is 1. The number of guanidine groups is 1. The van der Waals surface area contributed by atoms with E-state index in [1.165, 1.54) is 18.2 Å². The molecule has 0 aromatic heterocycles. The van der Waals surface area contributed by atoms with Crippen molar-refractivity contribution < 1.29 is 9.53 Å². The number of nitrogens with zero attached hydrogens (tertiary/aromatic N) is 2. The highest BCUT2D eigenvalue weighted by Crippen LogP contribution is 2.25. The fraction of sp³-hybridized carbons (Fsp3) is 0.429. The lowest BCUT2D eigenvalue weighted by atomic mass is 10.0. The van der Waals surface area contributed by atoms with Crippen molar-refractivity contribution in [3.8, 4) is 0 Å². The van der Waals surface area contributed by atoms with Crippen LogP contribution < -0.4 is 5.32 Å². The molecule has 0 saturated heterocycles. The number of aliphatic imine (C=N–C) groups is 1. The van der Waals surface area contributed by atoms with Gasteiger partial charge in [0.2, 0.25) is 5.96 Å². The molecule has 0 aliphatic carbocycles. The van der Waals surface area contributed by atoms with Crippen molar-refractivity contribution >= 4 is 12.1 Å². The van der Waals surface area contributed by atoms with Crippen molar-refractivity contribution in [2.45, 2.75) is 19.4 Å². The summed E-state index contributed by atoms with van der Waals surface area (Å²) in [5.74, 6) is 0.554. The number of likely N-dealkylation sites (N-methyl/N-ethyl adjacent to an activating group) is 1. The van der Waals surface area contributed by atoms with E-state index >= 15 is 0 Å². The molecule has 1 aromatic rings. The molecule has 0 radical (unpaired) electrons. The summed E-state index contributed by atoms with van der Waals surface area (Å²) in [5, 5.41) is 2.62. The molecule has 1 aliphatic heterocycles. The van der Waals surface area contributed by atoms with Gasteiger partial charge in [0.25, 0.3) is 0 Å². The normalized spacial score (nSPS) is 18.2. The lowest BCUT2D eigenvalue weighted by Crippen LogP contribution is -2.40. The predicted molar refractivity (Wildman–Crippen MR) is 74.2 cm³/mol. The molecule has 1 amide bonds. The van der Waals surface area contributed by atoms with Gasteiger partial charge in [0.15, 0.2) is 0 Å². The standard InChI is InChI=1S/C14H19N3O2/c1-4-10-6-5-7-11(8-10)12-9-15-13(17(12)2)16-14(18)19-3/h5-8,12H,4,9H2,1-3H3,(H,15,16,18). The molecule has 1 aromatic carbocycles. The number of amides is 1. The Morgan fingerprint density at radius 3 is 3.05 bits per heavy atom. The number of benzene rings is 1. The summed E-state index contributed by atoms with van der Waals surface area (Å²) in [6, 6.07) is 8.63. The van der Waals surface area contributed by atoms with E-state index < -0.39 is 6.09 Å². The van der Waals surface area contributed by atoms with Gasteiger partial charge in [-0.3, -0.25) is 10.3 Å². The summed E-state index contributed by atoms with van der Waals surface area (Å²) in [6.45, 7) is 2.78. The SMILES string of the molecule is CCc1cccc(C2CN=C(NC(=O)OC)N2C)c1. The molecule has 0 saturated carbocycles. The zero-order valence-corrected chi connectivity index (χ0v) is 11.5. The first-order chi connectivity index (χ1) is 9.15. The summed E-state index contributed by atoms with van der Waals surface area (Å²) in [5.41, 5.74) is 2.52. The van der Waals surface area contributed by atoms with E-state index in [0.717, 1.165) is 6.42 Å². The monoisotopic (exact) mass is 261 g/mol. The predicted octanol–water partition coefficient (Wildman–Crippen LogP) is 1.95. The summed E-state index contributed by atoms with van der Waals surface area (Å²) in [6.07, 6.45) is 0.520. The van der Waals surface area contributed by atoms with Crippen LogP contribution in [0.2, 0.25) is 0 Å². The Kier molecular flexibility index (Phi) is 4.04. The van der Waals surface area contributed by atoms with E-state index in [1.807, 2.05) is 11.9 Å². The van der Waals surface area contributed by atoms with Crippen molar-refractivity contribution in [2.75, 3.05) is 20.7 Å². The fourth-order valence-corrected chi connectivity index (χ4v) is 2.17. The van der Waals surface area contributed by atoms with Crippen LogP contribution in [-0.4, -0.2) is 37.7 Å². The van der Waals surface area contributed by atoms with Crippen molar-refractivity contribution in [2.24, 2.45) is 4.99 Å². The van der Waals surface area contributed by atoms with E-state index in [9.17, 15) is 4.79 Å². The van der Waals surface area contributed by atoms with Gasteiger partial charge in [0.1, 0.15) is 0 Å². The summed E-state index contributed by atoms with van der Waals surface area (Å²) in [4.78, 5) is 17.5. The average Bonchev–Trinajstić information content (AvgIpc) is 2.80. The van der Waals surface area contributed by atoms with Crippen molar-refractivity contribution in [3.05, 3.63) is 35.4 Å². The van der Waals surface area contributed by atoms with Crippen LogP contribution in [0.3, 0.4) is 0 Å². The van der Waals surface area contributed by atoms with Crippen molar-refractivity contribution in [1.82, 2.24) is 10.2 Å². The highest BCUT2D eigenvalue weighted by molar-refractivity contribution is 5.94. The summed E-state index contributed by atoms with van der Waals surface area (Å²) >= 11 is 0. The van der Waals surface area contributed by atoms with Crippen LogP contribution >= 0.6 is 0 Å². The van der Waals surface area contributed by atoms with Crippen LogP contribution in [-0.2, 0) is 11.2 Å². The quantitative estimate of drug-likeness (QED) is 0.885. The van der Waals surface area contributed by atoms with Gasteiger partial charge in [0.05, 0.1) is 19.7 Å². The molecule has 1 N–H and O–H groups in total. The Hall–Kier alpha value is -2.04. The Balaban J connectivity index is 2.10. The number of rotatable bonds is 2. The number of carbonyl (C=O) groups is 1. The molecular formula is C14H19N3O2. The van der Waals surface area contributed by atoms with Crippen molar-refractivity contribution in [3.63, 3.8) is 0 Å². The Bertz CT molecular complexity index is 499. The molecule has 1 heterocycles. The zero-order valence-electron chi connectivity index (χ0n) is 11.5. The van der Waals surface area contributed by atoms with E-state index in [2.05, 4.69) is 46.2 Å². The maximum atomic E-state index is 11.2. The largest absolute Gasteiger partial charge is 0.453 e. The van der Waals surface area contributed by atoms with E-state index in [0.29, 0.717) is 12.5 Å². The first-order valence-corrected chi connectivity index (χ1v) is 6.36. The molecule has 1 unspecified atom stereocenters. The number of carbonyl (C=O) groups excluding carboxylic acids is 1.